The topological polar surface area (TPSA) is 37.2 Å². The Labute approximate surface area is 161 Å². The van der Waals surface area contributed by atoms with Crippen LogP contribution in [0.15, 0.2) is 40.8 Å². The minimum absolute atomic E-state index is 0.581. The van der Waals surface area contributed by atoms with Crippen molar-refractivity contribution in [2.45, 2.75) is 76.3 Å². The molecule has 0 unspecified atom stereocenters. The van der Waals surface area contributed by atoms with E-state index in [2.05, 4.69) is 47.0 Å². The van der Waals surface area contributed by atoms with Gasteiger partial charge in [0.15, 0.2) is 11.2 Å². The second-order valence-corrected chi connectivity index (χ2v) is 8.43. The van der Waals surface area contributed by atoms with Crippen molar-refractivity contribution in [1.82, 2.24) is 0 Å². The van der Waals surface area contributed by atoms with Crippen molar-refractivity contribution in [2.75, 3.05) is 10.6 Å². The van der Waals surface area contributed by atoms with Crippen LogP contribution in [0, 0.1) is 0 Å². The maximum absolute atomic E-state index is 6.47. The van der Waals surface area contributed by atoms with Gasteiger partial charge in [0, 0.05) is 22.9 Å². The van der Waals surface area contributed by atoms with Crippen molar-refractivity contribution >= 4 is 33.3 Å². The predicted molar refractivity (Wildman–Crippen MR) is 115 cm³/mol. The van der Waals surface area contributed by atoms with E-state index in [1.807, 2.05) is 0 Å². The Hall–Kier alpha value is -2.16. The van der Waals surface area contributed by atoms with Crippen LogP contribution in [-0.2, 0) is 0 Å². The summed E-state index contributed by atoms with van der Waals surface area (Å²) in [6.07, 6.45) is 13.2. The summed E-state index contributed by atoms with van der Waals surface area (Å²) in [6, 6.07) is 14.2. The first-order valence-corrected chi connectivity index (χ1v) is 10.9. The first-order chi connectivity index (χ1) is 13.4. The van der Waals surface area contributed by atoms with Crippen molar-refractivity contribution in [1.29, 1.82) is 0 Å². The highest BCUT2D eigenvalue weighted by Crippen LogP contribution is 2.38. The van der Waals surface area contributed by atoms with Gasteiger partial charge in [0.25, 0.3) is 0 Å². The van der Waals surface area contributed by atoms with Crippen LogP contribution in [0.3, 0.4) is 0 Å². The van der Waals surface area contributed by atoms with Gasteiger partial charge in [0.05, 0.1) is 11.4 Å². The van der Waals surface area contributed by atoms with Crippen molar-refractivity contribution in [2.24, 2.45) is 0 Å². The van der Waals surface area contributed by atoms with E-state index in [4.69, 9.17) is 4.42 Å². The highest BCUT2D eigenvalue weighted by atomic mass is 16.3. The van der Waals surface area contributed by atoms with Crippen molar-refractivity contribution < 1.29 is 4.42 Å². The van der Waals surface area contributed by atoms with E-state index in [1.165, 1.54) is 75.0 Å². The van der Waals surface area contributed by atoms with Crippen LogP contribution in [-0.4, -0.2) is 12.1 Å². The molecule has 0 bridgehead atoms. The molecule has 2 aliphatic rings. The second kappa shape index (κ2) is 7.46. The van der Waals surface area contributed by atoms with E-state index in [0.717, 1.165) is 22.5 Å². The summed E-state index contributed by atoms with van der Waals surface area (Å²) in [6.45, 7) is 0. The number of rotatable bonds is 4. The van der Waals surface area contributed by atoms with E-state index in [0.29, 0.717) is 12.1 Å². The molecular formula is C24H30N2O. The molecule has 3 aromatic rings. The largest absolute Gasteiger partial charge is 0.452 e. The van der Waals surface area contributed by atoms with Crippen LogP contribution in [0.4, 0.5) is 11.4 Å². The van der Waals surface area contributed by atoms with Crippen LogP contribution in [0.5, 0.6) is 0 Å². The van der Waals surface area contributed by atoms with E-state index in [9.17, 15) is 0 Å². The SMILES string of the molecule is c1cc(NC2CCCCC2)c2oc3c(NC4CCCCC4)cccc3c2c1. The molecule has 2 N–H and O–H groups in total. The van der Waals surface area contributed by atoms with Crippen LogP contribution < -0.4 is 10.6 Å². The number of furan rings is 1. The smallest absolute Gasteiger partial charge is 0.158 e. The highest BCUT2D eigenvalue weighted by Gasteiger charge is 2.19. The fraction of sp³-hybridized carbons (Fsp3) is 0.500. The number of nitrogens with one attached hydrogen (secondary N) is 2. The fourth-order valence-corrected chi connectivity index (χ4v) is 4.98. The first-order valence-electron chi connectivity index (χ1n) is 10.9. The van der Waals surface area contributed by atoms with E-state index < -0.39 is 0 Å². The zero-order valence-electron chi connectivity index (χ0n) is 16.1. The maximum Gasteiger partial charge on any atom is 0.158 e. The van der Waals surface area contributed by atoms with Gasteiger partial charge < -0.3 is 15.1 Å². The van der Waals surface area contributed by atoms with E-state index in [1.54, 1.807) is 0 Å². The molecule has 0 atom stereocenters. The average molecular weight is 363 g/mol. The van der Waals surface area contributed by atoms with Gasteiger partial charge in [-0.05, 0) is 37.8 Å². The summed E-state index contributed by atoms with van der Waals surface area (Å²) in [5.74, 6) is 0. The van der Waals surface area contributed by atoms with E-state index in [-0.39, 0.29) is 0 Å². The van der Waals surface area contributed by atoms with Gasteiger partial charge in [-0.3, -0.25) is 0 Å². The molecule has 0 saturated heterocycles. The molecule has 2 fully saturated rings. The molecule has 0 radical (unpaired) electrons. The van der Waals surface area contributed by atoms with Gasteiger partial charge in [-0.15, -0.1) is 0 Å². The molecule has 0 aliphatic heterocycles. The molecule has 27 heavy (non-hydrogen) atoms. The Morgan fingerprint density at radius 1 is 0.593 bits per heavy atom. The molecule has 1 aromatic heterocycles. The number of hydrogen-bond acceptors (Lipinski definition) is 3. The summed E-state index contributed by atoms with van der Waals surface area (Å²) in [4.78, 5) is 0. The van der Waals surface area contributed by atoms with Crippen LogP contribution in [0.25, 0.3) is 21.9 Å². The standard InChI is InChI=1S/C24H30N2O/c1-3-9-17(10-4-1)25-21-15-7-13-19-20-14-8-16-22(24(20)27-23(19)21)26-18-11-5-2-6-12-18/h7-8,13-18,25-26H,1-6,9-12H2. The Kier molecular flexibility index (Phi) is 4.69. The molecule has 5 rings (SSSR count). The minimum atomic E-state index is 0.581. The molecule has 0 spiro atoms. The third-order valence-electron chi connectivity index (χ3n) is 6.45. The van der Waals surface area contributed by atoms with E-state index >= 15 is 0 Å². The number of benzene rings is 2. The predicted octanol–water partition coefficient (Wildman–Crippen LogP) is 7.08. The zero-order valence-corrected chi connectivity index (χ0v) is 16.1. The van der Waals surface area contributed by atoms with Gasteiger partial charge >= 0.3 is 0 Å². The minimum Gasteiger partial charge on any atom is -0.452 e. The maximum atomic E-state index is 6.47. The molecule has 1 heterocycles. The van der Waals surface area contributed by atoms with Crippen LogP contribution in [0.1, 0.15) is 64.2 Å². The number of fused-ring (bicyclic) bond motifs is 3. The second-order valence-electron chi connectivity index (χ2n) is 8.43. The summed E-state index contributed by atoms with van der Waals surface area (Å²) < 4.78 is 6.47. The quantitative estimate of drug-likeness (QED) is 0.521. The molecule has 3 heteroatoms. The Balaban J connectivity index is 1.51. The van der Waals surface area contributed by atoms with Crippen LogP contribution >= 0.6 is 0 Å². The summed E-state index contributed by atoms with van der Waals surface area (Å²) in [5, 5.41) is 9.98. The van der Waals surface area contributed by atoms with Gasteiger partial charge in [-0.1, -0.05) is 62.8 Å². The lowest BCUT2D eigenvalue weighted by Gasteiger charge is -2.24. The number of para-hydroxylation sites is 2. The van der Waals surface area contributed by atoms with Gasteiger partial charge in [0.2, 0.25) is 0 Å². The lowest BCUT2D eigenvalue weighted by molar-refractivity contribution is 0.462. The van der Waals surface area contributed by atoms with Gasteiger partial charge in [-0.2, -0.15) is 0 Å². The average Bonchev–Trinajstić information content (AvgIpc) is 3.11. The summed E-state index contributed by atoms with van der Waals surface area (Å²) >= 11 is 0. The lowest BCUT2D eigenvalue weighted by atomic mass is 9.95. The van der Waals surface area contributed by atoms with Crippen LogP contribution in [0.2, 0.25) is 0 Å². The molecule has 3 nitrogen and oxygen atoms in total. The Morgan fingerprint density at radius 2 is 1.04 bits per heavy atom. The summed E-state index contributed by atoms with van der Waals surface area (Å²) in [5.41, 5.74) is 4.32. The first kappa shape index (κ1) is 17.0. The number of anilines is 2. The monoisotopic (exact) mass is 362 g/mol. The third-order valence-corrected chi connectivity index (χ3v) is 6.45. The third kappa shape index (κ3) is 3.40. The Morgan fingerprint density at radius 3 is 1.48 bits per heavy atom. The van der Waals surface area contributed by atoms with Crippen molar-refractivity contribution in [3.8, 4) is 0 Å². The number of hydrogen-bond donors (Lipinski definition) is 2. The zero-order chi connectivity index (χ0) is 18.1. The van der Waals surface area contributed by atoms with Crippen molar-refractivity contribution in [3.05, 3.63) is 36.4 Å². The van der Waals surface area contributed by atoms with Gasteiger partial charge in [-0.25, -0.2) is 0 Å². The normalized spacial score (nSPS) is 19.6. The Bertz CT molecular complexity index is 842. The molecule has 2 aliphatic carbocycles. The van der Waals surface area contributed by atoms with Gasteiger partial charge in [0.1, 0.15) is 0 Å². The molecule has 2 aromatic carbocycles. The lowest BCUT2D eigenvalue weighted by Crippen LogP contribution is -2.22. The molecule has 2 saturated carbocycles. The fourth-order valence-electron chi connectivity index (χ4n) is 4.98. The molecular weight excluding hydrogens is 332 g/mol. The highest BCUT2D eigenvalue weighted by molar-refractivity contribution is 6.11. The molecule has 0 amide bonds. The van der Waals surface area contributed by atoms with Crippen molar-refractivity contribution in [3.63, 3.8) is 0 Å². The molecule has 142 valence electrons. The summed E-state index contributed by atoms with van der Waals surface area (Å²) in [7, 11) is 0.